The Kier molecular flexibility index (Phi) is 7.03. The quantitative estimate of drug-likeness (QED) is 0.838. The standard InChI is InChI=1S/C16H25N3OS/c1-17-8-4-14-5-9-19(10-6-14)16(20)13-21-12-15-3-2-7-18-11-15/h2-3,7,11,14,17H,4-6,8-10,12-13H2,1H3. The second-order valence-corrected chi connectivity index (χ2v) is 6.56. The first-order valence-electron chi connectivity index (χ1n) is 7.68. The third kappa shape index (κ3) is 5.67. The van der Waals surface area contributed by atoms with Gasteiger partial charge in [0, 0.05) is 31.2 Å². The molecule has 1 aromatic rings. The number of rotatable bonds is 7. The highest BCUT2D eigenvalue weighted by Crippen LogP contribution is 2.21. The lowest BCUT2D eigenvalue weighted by Crippen LogP contribution is -2.39. The highest BCUT2D eigenvalue weighted by molar-refractivity contribution is 7.99. The Bertz CT molecular complexity index is 419. The molecule has 0 aliphatic carbocycles. The van der Waals surface area contributed by atoms with Gasteiger partial charge >= 0.3 is 0 Å². The molecule has 5 heteroatoms. The fourth-order valence-electron chi connectivity index (χ4n) is 2.65. The highest BCUT2D eigenvalue weighted by Gasteiger charge is 2.22. The zero-order valence-corrected chi connectivity index (χ0v) is 13.6. The molecule has 0 unspecified atom stereocenters. The van der Waals surface area contributed by atoms with E-state index in [1.54, 1.807) is 18.0 Å². The minimum absolute atomic E-state index is 0.288. The molecule has 1 N–H and O–H groups in total. The van der Waals surface area contributed by atoms with Gasteiger partial charge in [0.25, 0.3) is 0 Å². The maximum atomic E-state index is 12.2. The summed E-state index contributed by atoms with van der Waals surface area (Å²) in [4.78, 5) is 18.3. The van der Waals surface area contributed by atoms with E-state index in [0.29, 0.717) is 5.75 Å². The molecule has 2 rings (SSSR count). The third-order valence-corrected chi connectivity index (χ3v) is 4.98. The van der Waals surface area contributed by atoms with Crippen LogP contribution in [0.4, 0.5) is 0 Å². The number of carbonyl (C=O) groups is 1. The summed E-state index contributed by atoms with van der Waals surface area (Å²) in [7, 11) is 2.00. The molecule has 0 saturated carbocycles. The van der Waals surface area contributed by atoms with Crippen molar-refractivity contribution in [1.29, 1.82) is 0 Å². The lowest BCUT2D eigenvalue weighted by molar-refractivity contribution is -0.129. The summed E-state index contributed by atoms with van der Waals surface area (Å²) in [5, 5.41) is 3.20. The summed E-state index contributed by atoms with van der Waals surface area (Å²) in [6.07, 6.45) is 7.18. The molecule has 1 aliphatic rings. The Morgan fingerprint density at radius 2 is 2.29 bits per heavy atom. The first kappa shape index (κ1) is 16.3. The van der Waals surface area contributed by atoms with E-state index in [0.717, 1.165) is 44.1 Å². The monoisotopic (exact) mass is 307 g/mol. The van der Waals surface area contributed by atoms with E-state index in [9.17, 15) is 4.79 Å². The van der Waals surface area contributed by atoms with Crippen LogP contribution in [-0.4, -0.2) is 48.2 Å². The smallest absolute Gasteiger partial charge is 0.232 e. The van der Waals surface area contributed by atoms with Crippen LogP contribution in [0.3, 0.4) is 0 Å². The van der Waals surface area contributed by atoms with Crippen LogP contribution in [0.1, 0.15) is 24.8 Å². The Morgan fingerprint density at radius 1 is 1.48 bits per heavy atom. The summed E-state index contributed by atoms with van der Waals surface area (Å²) >= 11 is 1.68. The van der Waals surface area contributed by atoms with Crippen molar-refractivity contribution < 1.29 is 4.79 Å². The number of pyridine rings is 1. The molecule has 1 aromatic heterocycles. The van der Waals surface area contributed by atoms with Crippen LogP contribution in [-0.2, 0) is 10.5 Å². The maximum Gasteiger partial charge on any atom is 0.232 e. The zero-order valence-electron chi connectivity index (χ0n) is 12.8. The molecule has 1 amide bonds. The van der Waals surface area contributed by atoms with Crippen molar-refractivity contribution in [2.45, 2.75) is 25.0 Å². The number of amides is 1. The second kappa shape index (κ2) is 9.05. The largest absolute Gasteiger partial charge is 0.342 e. The summed E-state index contributed by atoms with van der Waals surface area (Å²) in [5.41, 5.74) is 1.18. The molecular formula is C16H25N3OS. The molecule has 1 saturated heterocycles. The number of hydrogen-bond acceptors (Lipinski definition) is 4. The van der Waals surface area contributed by atoms with Gasteiger partial charge in [-0.15, -0.1) is 11.8 Å². The van der Waals surface area contributed by atoms with E-state index in [-0.39, 0.29) is 5.91 Å². The van der Waals surface area contributed by atoms with Crippen LogP contribution in [0, 0.1) is 5.92 Å². The first-order chi connectivity index (χ1) is 10.3. The lowest BCUT2D eigenvalue weighted by atomic mass is 9.93. The van der Waals surface area contributed by atoms with E-state index in [2.05, 4.69) is 16.4 Å². The van der Waals surface area contributed by atoms with Gasteiger partial charge in [-0.3, -0.25) is 9.78 Å². The van der Waals surface area contributed by atoms with E-state index in [4.69, 9.17) is 0 Å². The molecule has 116 valence electrons. The van der Waals surface area contributed by atoms with Crippen LogP contribution >= 0.6 is 11.8 Å². The summed E-state index contributed by atoms with van der Waals surface area (Å²) in [5.74, 6) is 2.51. The van der Waals surface area contributed by atoms with E-state index in [1.807, 2.05) is 24.2 Å². The molecular weight excluding hydrogens is 282 g/mol. The van der Waals surface area contributed by atoms with E-state index < -0.39 is 0 Å². The van der Waals surface area contributed by atoms with Crippen molar-refractivity contribution in [2.24, 2.45) is 5.92 Å². The van der Waals surface area contributed by atoms with E-state index in [1.165, 1.54) is 12.0 Å². The molecule has 21 heavy (non-hydrogen) atoms. The normalized spacial score (nSPS) is 16.1. The third-order valence-electron chi connectivity index (χ3n) is 3.99. The molecule has 1 fully saturated rings. The van der Waals surface area contributed by atoms with Crippen molar-refractivity contribution in [3.63, 3.8) is 0 Å². The van der Waals surface area contributed by atoms with Crippen molar-refractivity contribution in [2.75, 3.05) is 32.4 Å². The number of piperidine rings is 1. The van der Waals surface area contributed by atoms with Crippen LogP contribution in [0.2, 0.25) is 0 Å². The molecule has 2 heterocycles. The molecule has 1 aliphatic heterocycles. The van der Waals surface area contributed by atoms with Crippen molar-refractivity contribution in [3.8, 4) is 0 Å². The van der Waals surface area contributed by atoms with Gasteiger partial charge in [-0.25, -0.2) is 0 Å². The number of thioether (sulfide) groups is 1. The topological polar surface area (TPSA) is 45.2 Å². The molecule has 0 radical (unpaired) electrons. The molecule has 0 atom stereocenters. The highest BCUT2D eigenvalue weighted by atomic mass is 32.2. The van der Waals surface area contributed by atoms with Crippen molar-refractivity contribution in [3.05, 3.63) is 30.1 Å². The number of nitrogens with zero attached hydrogens (tertiary/aromatic N) is 2. The lowest BCUT2D eigenvalue weighted by Gasteiger charge is -2.32. The maximum absolute atomic E-state index is 12.2. The van der Waals surface area contributed by atoms with Gasteiger partial charge in [0.05, 0.1) is 5.75 Å². The number of hydrogen-bond donors (Lipinski definition) is 1. The van der Waals surface area contributed by atoms with Crippen LogP contribution in [0.5, 0.6) is 0 Å². The van der Waals surface area contributed by atoms with Crippen molar-refractivity contribution in [1.82, 2.24) is 15.2 Å². The zero-order chi connectivity index (χ0) is 14.9. The number of nitrogens with one attached hydrogen (secondary N) is 1. The van der Waals surface area contributed by atoms with Gasteiger partial charge in [0.1, 0.15) is 0 Å². The fraction of sp³-hybridized carbons (Fsp3) is 0.625. The minimum Gasteiger partial charge on any atom is -0.342 e. The Hall–Kier alpha value is -1.07. The van der Waals surface area contributed by atoms with Gasteiger partial charge in [0.2, 0.25) is 5.91 Å². The number of likely N-dealkylation sites (tertiary alicyclic amines) is 1. The Morgan fingerprint density at radius 3 is 2.95 bits per heavy atom. The summed E-state index contributed by atoms with van der Waals surface area (Å²) in [6.45, 7) is 2.95. The number of aromatic nitrogens is 1. The van der Waals surface area contributed by atoms with Gasteiger partial charge < -0.3 is 10.2 Å². The minimum atomic E-state index is 0.288. The van der Waals surface area contributed by atoms with Gasteiger partial charge in [-0.2, -0.15) is 0 Å². The molecule has 4 nitrogen and oxygen atoms in total. The Balaban J connectivity index is 1.63. The predicted octanol–water partition coefficient (Wildman–Crippen LogP) is 2.16. The summed E-state index contributed by atoms with van der Waals surface area (Å²) < 4.78 is 0. The van der Waals surface area contributed by atoms with Crippen LogP contribution in [0.25, 0.3) is 0 Å². The van der Waals surface area contributed by atoms with E-state index >= 15 is 0 Å². The van der Waals surface area contributed by atoms with Crippen LogP contribution in [0.15, 0.2) is 24.5 Å². The van der Waals surface area contributed by atoms with Crippen LogP contribution < -0.4 is 5.32 Å². The average Bonchev–Trinajstić information content (AvgIpc) is 2.54. The molecule has 0 bridgehead atoms. The average molecular weight is 307 g/mol. The van der Waals surface area contributed by atoms with Gasteiger partial charge in [-0.05, 0) is 50.4 Å². The summed E-state index contributed by atoms with van der Waals surface area (Å²) in [6, 6.07) is 3.99. The molecule has 0 aromatic carbocycles. The first-order valence-corrected chi connectivity index (χ1v) is 8.84. The van der Waals surface area contributed by atoms with Gasteiger partial charge in [0.15, 0.2) is 0 Å². The van der Waals surface area contributed by atoms with Crippen molar-refractivity contribution >= 4 is 17.7 Å². The predicted molar refractivity (Wildman–Crippen MR) is 88.2 cm³/mol. The number of carbonyl (C=O) groups excluding carboxylic acids is 1. The fourth-order valence-corrected chi connectivity index (χ4v) is 3.52. The SMILES string of the molecule is CNCCC1CCN(C(=O)CSCc2cccnc2)CC1. The Labute approximate surface area is 131 Å². The molecule has 0 spiro atoms. The second-order valence-electron chi connectivity index (χ2n) is 5.57. The van der Waals surface area contributed by atoms with Gasteiger partial charge in [-0.1, -0.05) is 6.07 Å².